The normalized spacial score (nSPS) is 17.2. The first-order chi connectivity index (χ1) is 13.6. The highest BCUT2D eigenvalue weighted by Crippen LogP contribution is 2.27. The zero-order valence-corrected chi connectivity index (χ0v) is 16.2. The Bertz CT molecular complexity index is 993. The van der Waals surface area contributed by atoms with Gasteiger partial charge >= 0.3 is 6.03 Å². The molecule has 1 fully saturated rings. The second-order valence-electron chi connectivity index (χ2n) is 7.28. The highest BCUT2D eigenvalue weighted by atomic mass is 16.3. The van der Waals surface area contributed by atoms with Crippen LogP contribution in [0, 0.1) is 6.92 Å². The molecule has 148 valence electrons. The molecule has 2 amide bonds. The van der Waals surface area contributed by atoms with E-state index in [-0.39, 0.29) is 18.6 Å². The molecule has 28 heavy (non-hydrogen) atoms. The maximum absolute atomic E-state index is 12.7. The number of aryl methyl sites for hydroxylation is 1. The summed E-state index contributed by atoms with van der Waals surface area (Å²) in [4.78, 5) is 14.5. The van der Waals surface area contributed by atoms with Crippen molar-refractivity contribution in [2.24, 2.45) is 7.05 Å². The number of urea groups is 1. The standard InChI is InChI=1S/C20H25N5O3/c1-13-15-7-3-4-8-16(15)28-17(13)10-21-20(27)25-9-5-6-14(11-25)19-23-22-18(12-26)24(19)2/h3-4,7-8,14,26H,5-6,9-12H2,1-2H3,(H,21,27)/t14-/m0/s1. The van der Waals surface area contributed by atoms with Crippen LogP contribution in [0.4, 0.5) is 4.79 Å². The van der Waals surface area contributed by atoms with Crippen LogP contribution in [0.25, 0.3) is 11.0 Å². The lowest BCUT2D eigenvalue weighted by Gasteiger charge is -2.32. The molecule has 0 saturated carbocycles. The number of carbonyl (C=O) groups is 1. The lowest BCUT2D eigenvalue weighted by molar-refractivity contribution is 0.176. The minimum absolute atomic E-state index is 0.103. The molecule has 1 aliphatic rings. The number of aliphatic hydroxyl groups excluding tert-OH is 1. The maximum atomic E-state index is 12.7. The van der Waals surface area contributed by atoms with E-state index in [0.717, 1.165) is 41.0 Å². The van der Waals surface area contributed by atoms with Gasteiger partial charge in [0.25, 0.3) is 0 Å². The number of rotatable bonds is 4. The van der Waals surface area contributed by atoms with E-state index in [2.05, 4.69) is 15.5 Å². The monoisotopic (exact) mass is 383 g/mol. The fourth-order valence-electron chi connectivity index (χ4n) is 3.90. The molecule has 1 atom stereocenters. The van der Waals surface area contributed by atoms with E-state index in [4.69, 9.17) is 4.42 Å². The summed E-state index contributed by atoms with van der Waals surface area (Å²) in [6, 6.07) is 7.78. The van der Waals surface area contributed by atoms with Gasteiger partial charge in [0.2, 0.25) is 0 Å². The summed E-state index contributed by atoms with van der Waals surface area (Å²) in [5.74, 6) is 2.25. The van der Waals surface area contributed by atoms with Crippen LogP contribution >= 0.6 is 0 Å². The van der Waals surface area contributed by atoms with Gasteiger partial charge in [-0.3, -0.25) is 0 Å². The topological polar surface area (TPSA) is 96.4 Å². The average molecular weight is 383 g/mol. The van der Waals surface area contributed by atoms with Gasteiger partial charge in [-0.15, -0.1) is 10.2 Å². The fourth-order valence-corrected chi connectivity index (χ4v) is 3.90. The van der Waals surface area contributed by atoms with Crippen molar-refractivity contribution in [3.63, 3.8) is 0 Å². The second kappa shape index (κ2) is 7.63. The number of para-hydroxylation sites is 1. The number of benzene rings is 1. The van der Waals surface area contributed by atoms with Crippen LogP contribution in [-0.2, 0) is 20.2 Å². The summed E-state index contributed by atoms with van der Waals surface area (Å²) < 4.78 is 7.70. The SMILES string of the molecule is Cc1c(CNC(=O)N2CCC[C@H](c3nnc(CO)n3C)C2)oc2ccccc12. The number of likely N-dealkylation sites (tertiary alicyclic amines) is 1. The van der Waals surface area contributed by atoms with Crippen LogP contribution in [0.1, 0.15) is 41.7 Å². The Balaban J connectivity index is 1.41. The quantitative estimate of drug-likeness (QED) is 0.721. The van der Waals surface area contributed by atoms with Gasteiger partial charge in [-0.05, 0) is 25.8 Å². The number of carbonyl (C=O) groups excluding carboxylic acids is 1. The van der Waals surface area contributed by atoms with Crippen molar-refractivity contribution >= 4 is 17.0 Å². The number of hydrogen-bond acceptors (Lipinski definition) is 5. The van der Waals surface area contributed by atoms with E-state index in [9.17, 15) is 9.90 Å². The molecule has 0 aliphatic carbocycles. The molecule has 8 nitrogen and oxygen atoms in total. The Morgan fingerprint density at radius 3 is 2.93 bits per heavy atom. The van der Waals surface area contributed by atoms with Crippen LogP contribution in [0.2, 0.25) is 0 Å². The fraction of sp³-hybridized carbons (Fsp3) is 0.450. The van der Waals surface area contributed by atoms with Crippen molar-refractivity contribution in [3.05, 3.63) is 47.2 Å². The largest absolute Gasteiger partial charge is 0.459 e. The average Bonchev–Trinajstić information content (AvgIpc) is 3.26. The van der Waals surface area contributed by atoms with Crippen molar-refractivity contribution in [2.75, 3.05) is 13.1 Å². The van der Waals surface area contributed by atoms with Crippen LogP contribution in [0.15, 0.2) is 28.7 Å². The van der Waals surface area contributed by atoms with Gasteiger partial charge in [-0.25, -0.2) is 4.79 Å². The van der Waals surface area contributed by atoms with Crippen LogP contribution in [0.3, 0.4) is 0 Å². The van der Waals surface area contributed by atoms with Crippen molar-refractivity contribution in [2.45, 2.75) is 38.8 Å². The van der Waals surface area contributed by atoms with Gasteiger partial charge in [-0.1, -0.05) is 18.2 Å². The van der Waals surface area contributed by atoms with E-state index in [0.29, 0.717) is 25.5 Å². The Morgan fingerprint density at radius 2 is 2.18 bits per heavy atom. The number of nitrogens with one attached hydrogen (secondary N) is 1. The van der Waals surface area contributed by atoms with Gasteiger partial charge in [0, 0.05) is 37.0 Å². The second-order valence-corrected chi connectivity index (χ2v) is 7.28. The molecule has 0 bridgehead atoms. The van der Waals surface area contributed by atoms with Crippen LogP contribution in [-0.4, -0.2) is 43.9 Å². The number of aromatic nitrogens is 3. The molecule has 1 aromatic carbocycles. The maximum Gasteiger partial charge on any atom is 0.317 e. The van der Waals surface area contributed by atoms with Gasteiger partial charge in [0.1, 0.15) is 23.8 Å². The molecule has 1 aliphatic heterocycles. The molecule has 3 heterocycles. The number of hydrogen-bond donors (Lipinski definition) is 2. The van der Waals surface area contributed by atoms with Crippen LogP contribution < -0.4 is 5.32 Å². The molecule has 4 rings (SSSR count). The number of nitrogens with zero attached hydrogens (tertiary/aromatic N) is 4. The Labute approximate surface area is 163 Å². The number of amides is 2. The predicted octanol–water partition coefficient (Wildman–Crippen LogP) is 2.45. The summed E-state index contributed by atoms with van der Waals surface area (Å²) in [6.45, 7) is 3.53. The molecule has 1 saturated heterocycles. The summed E-state index contributed by atoms with van der Waals surface area (Å²) in [6.07, 6.45) is 1.85. The van der Waals surface area contributed by atoms with Crippen molar-refractivity contribution < 1.29 is 14.3 Å². The van der Waals surface area contributed by atoms with Crippen LogP contribution in [0.5, 0.6) is 0 Å². The van der Waals surface area contributed by atoms with E-state index >= 15 is 0 Å². The lowest BCUT2D eigenvalue weighted by Crippen LogP contribution is -2.45. The summed E-state index contributed by atoms with van der Waals surface area (Å²) in [5.41, 5.74) is 1.90. The van der Waals surface area contributed by atoms with Crippen molar-refractivity contribution in [1.82, 2.24) is 25.0 Å². The first-order valence-electron chi connectivity index (χ1n) is 9.57. The zero-order valence-electron chi connectivity index (χ0n) is 16.2. The highest BCUT2D eigenvalue weighted by molar-refractivity contribution is 5.82. The van der Waals surface area contributed by atoms with Gasteiger partial charge in [0.05, 0.1) is 6.54 Å². The minimum atomic E-state index is -0.142. The smallest absolute Gasteiger partial charge is 0.317 e. The van der Waals surface area contributed by atoms with Crippen molar-refractivity contribution in [3.8, 4) is 0 Å². The molecule has 2 N–H and O–H groups in total. The van der Waals surface area contributed by atoms with Gasteiger partial charge in [-0.2, -0.15) is 0 Å². The number of piperidine rings is 1. The highest BCUT2D eigenvalue weighted by Gasteiger charge is 2.28. The Morgan fingerprint density at radius 1 is 1.36 bits per heavy atom. The molecule has 0 radical (unpaired) electrons. The van der Waals surface area contributed by atoms with Gasteiger partial charge < -0.3 is 24.3 Å². The van der Waals surface area contributed by atoms with Gasteiger partial charge in [0.15, 0.2) is 5.82 Å². The molecular formula is C20H25N5O3. The number of furan rings is 1. The Kier molecular flexibility index (Phi) is 5.04. The van der Waals surface area contributed by atoms with E-state index in [1.165, 1.54) is 0 Å². The number of fused-ring (bicyclic) bond motifs is 1. The zero-order chi connectivity index (χ0) is 19.7. The van der Waals surface area contributed by atoms with E-state index in [1.807, 2.05) is 47.7 Å². The molecule has 2 aromatic heterocycles. The lowest BCUT2D eigenvalue weighted by atomic mass is 9.97. The third-order valence-electron chi connectivity index (χ3n) is 5.56. The summed E-state index contributed by atoms with van der Waals surface area (Å²) in [7, 11) is 1.85. The van der Waals surface area contributed by atoms with E-state index in [1.54, 1.807) is 0 Å². The predicted molar refractivity (Wildman–Crippen MR) is 104 cm³/mol. The molecule has 0 unspecified atom stereocenters. The first-order valence-corrected chi connectivity index (χ1v) is 9.57. The minimum Gasteiger partial charge on any atom is -0.459 e. The first kappa shape index (κ1) is 18.5. The van der Waals surface area contributed by atoms with E-state index < -0.39 is 0 Å². The third-order valence-corrected chi connectivity index (χ3v) is 5.56. The van der Waals surface area contributed by atoms with Crippen molar-refractivity contribution in [1.29, 1.82) is 0 Å². The molecule has 8 heteroatoms. The summed E-state index contributed by atoms with van der Waals surface area (Å²) >= 11 is 0. The molecule has 3 aromatic rings. The Hall–Kier alpha value is -2.87. The third kappa shape index (κ3) is 3.35. The summed E-state index contributed by atoms with van der Waals surface area (Å²) in [5, 5.41) is 21.6. The molecular weight excluding hydrogens is 358 g/mol. The molecule has 0 spiro atoms. The number of aliphatic hydroxyl groups is 1.